The Bertz CT molecular complexity index is 760. The van der Waals surface area contributed by atoms with E-state index in [1.807, 2.05) is 37.3 Å². The molecular formula is C18H23NO4S. The lowest BCUT2D eigenvalue weighted by atomic mass is 10.1. The number of methoxy groups -OCH3 is 2. The van der Waals surface area contributed by atoms with Crippen LogP contribution in [0.1, 0.15) is 18.9 Å². The Balaban J connectivity index is 2.04. The highest BCUT2D eigenvalue weighted by Crippen LogP contribution is 2.29. The normalized spacial score (nSPS) is 12.6. The molecule has 0 amide bonds. The number of rotatable bonds is 8. The molecule has 0 radical (unpaired) electrons. The summed E-state index contributed by atoms with van der Waals surface area (Å²) in [7, 11) is -0.621. The van der Waals surface area contributed by atoms with Crippen molar-refractivity contribution in [2.75, 3.05) is 14.2 Å². The third-order valence-electron chi connectivity index (χ3n) is 3.73. The van der Waals surface area contributed by atoms with Gasteiger partial charge in [0.1, 0.15) is 0 Å². The third-order valence-corrected chi connectivity index (χ3v) is 5.32. The molecule has 1 unspecified atom stereocenters. The summed E-state index contributed by atoms with van der Waals surface area (Å²) in [6.07, 6.45) is 1.53. The summed E-state index contributed by atoms with van der Waals surface area (Å²) in [4.78, 5) is 0.159. The zero-order valence-electron chi connectivity index (χ0n) is 14.2. The van der Waals surface area contributed by atoms with Crippen LogP contribution in [0.4, 0.5) is 0 Å². The SMILES string of the molecule is COc1ccc(S(=O)(=O)NC(C)CCc2ccccc2)cc1OC. The van der Waals surface area contributed by atoms with E-state index in [9.17, 15) is 8.42 Å². The third kappa shape index (κ3) is 4.72. The Morgan fingerprint density at radius 2 is 1.67 bits per heavy atom. The molecule has 0 aliphatic rings. The van der Waals surface area contributed by atoms with Gasteiger partial charge in [-0.05, 0) is 37.5 Å². The van der Waals surface area contributed by atoms with E-state index in [2.05, 4.69) is 4.72 Å². The Hall–Kier alpha value is -2.05. The maximum atomic E-state index is 12.5. The van der Waals surface area contributed by atoms with Gasteiger partial charge in [-0.2, -0.15) is 0 Å². The second-order valence-electron chi connectivity index (χ2n) is 5.56. The first kappa shape index (κ1) is 18.3. The van der Waals surface area contributed by atoms with Crippen LogP contribution in [0.15, 0.2) is 53.4 Å². The molecule has 2 aromatic rings. The maximum absolute atomic E-state index is 12.5. The molecule has 2 aromatic carbocycles. The van der Waals surface area contributed by atoms with Crippen LogP contribution in [-0.4, -0.2) is 28.7 Å². The van der Waals surface area contributed by atoms with Crippen LogP contribution in [0.3, 0.4) is 0 Å². The van der Waals surface area contributed by atoms with Gasteiger partial charge in [-0.3, -0.25) is 0 Å². The zero-order chi connectivity index (χ0) is 17.6. The molecule has 0 heterocycles. The summed E-state index contributed by atoms with van der Waals surface area (Å²) in [6, 6.07) is 14.4. The fourth-order valence-corrected chi connectivity index (χ4v) is 3.70. The van der Waals surface area contributed by atoms with Gasteiger partial charge in [-0.1, -0.05) is 30.3 Å². The topological polar surface area (TPSA) is 64.6 Å². The van der Waals surface area contributed by atoms with Crippen molar-refractivity contribution in [3.8, 4) is 11.5 Å². The number of aryl methyl sites for hydroxylation is 1. The first-order valence-electron chi connectivity index (χ1n) is 7.74. The van der Waals surface area contributed by atoms with E-state index in [4.69, 9.17) is 9.47 Å². The van der Waals surface area contributed by atoms with Crippen molar-refractivity contribution in [2.24, 2.45) is 0 Å². The van der Waals surface area contributed by atoms with E-state index >= 15 is 0 Å². The summed E-state index contributed by atoms with van der Waals surface area (Å²) in [6.45, 7) is 1.86. The Kier molecular flexibility index (Phi) is 6.23. The largest absolute Gasteiger partial charge is 0.493 e. The molecule has 6 heteroatoms. The van der Waals surface area contributed by atoms with Crippen LogP contribution in [0, 0.1) is 0 Å². The summed E-state index contributed by atoms with van der Waals surface area (Å²) >= 11 is 0. The first-order chi connectivity index (χ1) is 11.5. The molecule has 1 N–H and O–H groups in total. The van der Waals surface area contributed by atoms with E-state index in [0.29, 0.717) is 11.5 Å². The number of ether oxygens (including phenoxy) is 2. The van der Waals surface area contributed by atoms with Crippen molar-refractivity contribution < 1.29 is 17.9 Å². The molecule has 0 spiro atoms. The van der Waals surface area contributed by atoms with E-state index in [1.54, 1.807) is 6.07 Å². The number of hydrogen-bond acceptors (Lipinski definition) is 4. The molecule has 0 aliphatic carbocycles. The first-order valence-corrected chi connectivity index (χ1v) is 9.23. The predicted octanol–water partition coefficient (Wildman–Crippen LogP) is 3.00. The van der Waals surface area contributed by atoms with Gasteiger partial charge >= 0.3 is 0 Å². The molecule has 5 nitrogen and oxygen atoms in total. The summed E-state index contributed by atoms with van der Waals surface area (Å²) in [5.74, 6) is 0.880. The monoisotopic (exact) mass is 349 g/mol. The Morgan fingerprint density at radius 1 is 1.00 bits per heavy atom. The minimum absolute atomic E-state index is 0.159. The molecule has 0 fully saturated rings. The van der Waals surface area contributed by atoms with Gasteiger partial charge < -0.3 is 9.47 Å². The number of hydrogen-bond donors (Lipinski definition) is 1. The molecule has 130 valence electrons. The van der Waals surface area contributed by atoms with Gasteiger partial charge in [-0.25, -0.2) is 13.1 Å². The molecule has 0 aromatic heterocycles. The van der Waals surface area contributed by atoms with Gasteiger partial charge in [0.2, 0.25) is 10.0 Å². The fourth-order valence-electron chi connectivity index (χ4n) is 2.40. The standard InChI is InChI=1S/C18H23NO4S/c1-14(9-10-15-7-5-4-6-8-15)19-24(20,21)16-11-12-17(22-2)18(13-16)23-3/h4-8,11-14,19H,9-10H2,1-3H3. The summed E-state index contributed by atoms with van der Waals surface area (Å²) in [5, 5.41) is 0. The fraction of sp³-hybridized carbons (Fsp3) is 0.333. The quantitative estimate of drug-likeness (QED) is 0.796. The van der Waals surface area contributed by atoms with Crippen molar-refractivity contribution in [1.82, 2.24) is 4.72 Å². The zero-order valence-corrected chi connectivity index (χ0v) is 15.0. The van der Waals surface area contributed by atoms with Crippen molar-refractivity contribution in [1.29, 1.82) is 0 Å². The lowest BCUT2D eigenvalue weighted by Gasteiger charge is -2.15. The number of benzene rings is 2. The van der Waals surface area contributed by atoms with Crippen molar-refractivity contribution in [2.45, 2.75) is 30.7 Å². The second-order valence-corrected chi connectivity index (χ2v) is 7.28. The lowest BCUT2D eigenvalue weighted by Crippen LogP contribution is -2.33. The minimum Gasteiger partial charge on any atom is -0.493 e. The average Bonchev–Trinajstić information content (AvgIpc) is 2.59. The van der Waals surface area contributed by atoms with Gasteiger partial charge in [0.25, 0.3) is 0 Å². The van der Waals surface area contributed by atoms with Crippen LogP contribution < -0.4 is 14.2 Å². The van der Waals surface area contributed by atoms with E-state index < -0.39 is 10.0 Å². The highest BCUT2D eigenvalue weighted by Gasteiger charge is 2.19. The Labute approximate surface area is 143 Å². The van der Waals surface area contributed by atoms with Gasteiger partial charge in [-0.15, -0.1) is 0 Å². The second kappa shape index (κ2) is 8.17. The molecular weight excluding hydrogens is 326 g/mol. The average molecular weight is 349 g/mol. The molecule has 0 bridgehead atoms. The van der Waals surface area contributed by atoms with E-state index in [-0.39, 0.29) is 10.9 Å². The van der Waals surface area contributed by atoms with Crippen LogP contribution in [0.2, 0.25) is 0 Å². The summed E-state index contributed by atoms with van der Waals surface area (Å²) < 4.78 is 38.0. The molecule has 0 saturated heterocycles. The van der Waals surface area contributed by atoms with Crippen molar-refractivity contribution in [3.63, 3.8) is 0 Å². The Morgan fingerprint density at radius 3 is 2.29 bits per heavy atom. The molecule has 0 saturated carbocycles. The highest BCUT2D eigenvalue weighted by atomic mass is 32.2. The van der Waals surface area contributed by atoms with Crippen LogP contribution in [0.5, 0.6) is 11.5 Å². The number of nitrogens with one attached hydrogen (secondary N) is 1. The molecule has 24 heavy (non-hydrogen) atoms. The highest BCUT2D eigenvalue weighted by molar-refractivity contribution is 7.89. The minimum atomic E-state index is -3.61. The maximum Gasteiger partial charge on any atom is 0.240 e. The smallest absolute Gasteiger partial charge is 0.240 e. The van der Waals surface area contributed by atoms with Crippen LogP contribution in [0.25, 0.3) is 0 Å². The van der Waals surface area contributed by atoms with E-state index in [1.165, 1.54) is 31.9 Å². The number of sulfonamides is 1. The van der Waals surface area contributed by atoms with Crippen LogP contribution >= 0.6 is 0 Å². The van der Waals surface area contributed by atoms with Gasteiger partial charge in [0, 0.05) is 12.1 Å². The van der Waals surface area contributed by atoms with Gasteiger partial charge in [0.05, 0.1) is 19.1 Å². The summed E-state index contributed by atoms with van der Waals surface area (Å²) in [5.41, 5.74) is 1.19. The lowest BCUT2D eigenvalue weighted by molar-refractivity contribution is 0.354. The van der Waals surface area contributed by atoms with Crippen molar-refractivity contribution in [3.05, 3.63) is 54.1 Å². The molecule has 1 atom stereocenters. The predicted molar refractivity (Wildman–Crippen MR) is 94.1 cm³/mol. The van der Waals surface area contributed by atoms with E-state index in [0.717, 1.165) is 12.8 Å². The van der Waals surface area contributed by atoms with Crippen molar-refractivity contribution >= 4 is 10.0 Å². The molecule has 2 rings (SSSR count). The van der Waals surface area contributed by atoms with Gasteiger partial charge in [0.15, 0.2) is 11.5 Å². The van der Waals surface area contributed by atoms with Crippen LogP contribution in [-0.2, 0) is 16.4 Å². The molecule has 0 aliphatic heterocycles.